The fourth-order valence-corrected chi connectivity index (χ4v) is 1.40. The van der Waals surface area contributed by atoms with E-state index in [1.165, 1.54) is 0 Å². The molecular weight excluding hydrogens is 216 g/mol. The lowest BCUT2D eigenvalue weighted by molar-refractivity contribution is 0.103. The fourth-order valence-electron chi connectivity index (χ4n) is 0.592. The Bertz CT molecular complexity index is 315. The van der Waals surface area contributed by atoms with Crippen LogP contribution in [0.5, 0.6) is 5.88 Å². The second-order valence-corrected chi connectivity index (χ2v) is 3.55. The number of rotatable bonds is 2. The summed E-state index contributed by atoms with van der Waals surface area (Å²) >= 11 is 6.66. The molecule has 0 amide bonds. The Morgan fingerprint density at radius 3 is 2.92 bits per heavy atom. The molecule has 7 heteroatoms. The lowest BCUT2D eigenvalue weighted by Gasteiger charge is -1.99. The van der Waals surface area contributed by atoms with E-state index in [1.54, 1.807) is 6.92 Å². The van der Waals surface area contributed by atoms with Gasteiger partial charge in [0.1, 0.15) is 0 Å². The summed E-state index contributed by atoms with van der Waals surface area (Å²) in [6.45, 7) is 1.90. The van der Waals surface area contributed by atoms with E-state index in [0.717, 1.165) is 11.3 Å². The Kier molecular flexibility index (Phi) is 3.32. The molecular formula is C6H7ClN2O3S. The molecule has 0 aromatic carbocycles. The molecule has 1 rings (SSSR count). The molecule has 13 heavy (non-hydrogen) atoms. The Balaban J connectivity index is 2.63. The van der Waals surface area contributed by atoms with Crippen LogP contribution in [-0.4, -0.2) is 17.7 Å². The highest BCUT2D eigenvalue weighted by molar-refractivity contribution is 7.19. The van der Waals surface area contributed by atoms with Crippen molar-refractivity contribution in [2.75, 3.05) is 12.3 Å². The molecule has 0 aliphatic carbocycles. The van der Waals surface area contributed by atoms with E-state index in [0.29, 0.717) is 0 Å². The van der Waals surface area contributed by atoms with Crippen molar-refractivity contribution in [3.8, 4) is 5.88 Å². The van der Waals surface area contributed by atoms with Crippen LogP contribution >= 0.6 is 22.9 Å². The van der Waals surface area contributed by atoms with E-state index in [9.17, 15) is 4.79 Å². The second kappa shape index (κ2) is 4.29. The number of nitrogens with two attached hydrogens (primary N) is 1. The number of anilines is 1. The topological polar surface area (TPSA) is 74.4 Å². The first-order chi connectivity index (χ1) is 6.13. The predicted molar refractivity (Wildman–Crippen MR) is 49.2 cm³/mol. The van der Waals surface area contributed by atoms with Gasteiger partial charge in [-0.15, -0.1) is 0 Å². The summed E-state index contributed by atoms with van der Waals surface area (Å²) in [5.74, 6) is -0.0115. The number of thiazole rings is 1. The first kappa shape index (κ1) is 10.1. The van der Waals surface area contributed by atoms with E-state index in [1.807, 2.05) is 0 Å². The van der Waals surface area contributed by atoms with Crippen molar-refractivity contribution in [2.24, 2.45) is 0 Å². The van der Waals surface area contributed by atoms with Gasteiger partial charge in [0.25, 0.3) is 5.88 Å². The molecule has 1 aromatic rings. The second-order valence-electron chi connectivity index (χ2n) is 1.92. The average molecular weight is 223 g/mol. The SMILES string of the molecule is CCOC(=O)Oc1nc(N)sc1Cl. The molecule has 72 valence electrons. The third-order valence-corrected chi connectivity index (χ3v) is 2.06. The number of nitrogens with zero attached hydrogens (tertiary/aromatic N) is 1. The summed E-state index contributed by atoms with van der Waals surface area (Å²) in [6.07, 6.45) is -0.838. The van der Waals surface area contributed by atoms with Gasteiger partial charge in [0, 0.05) is 0 Å². The van der Waals surface area contributed by atoms with Crippen molar-refractivity contribution in [1.82, 2.24) is 4.98 Å². The van der Waals surface area contributed by atoms with Gasteiger partial charge >= 0.3 is 6.16 Å². The van der Waals surface area contributed by atoms with Gasteiger partial charge in [-0.3, -0.25) is 0 Å². The molecule has 0 fully saturated rings. The van der Waals surface area contributed by atoms with Crippen LogP contribution in [0.2, 0.25) is 4.34 Å². The first-order valence-electron chi connectivity index (χ1n) is 3.40. The standard InChI is InChI=1S/C6H7ClN2O3S/c1-2-11-6(10)12-4-3(7)13-5(8)9-4/h2H2,1H3,(H2,8,9). The summed E-state index contributed by atoms with van der Waals surface area (Å²) in [6, 6.07) is 0. The van der Waals surface area contributed by atoms with Crippen molar-refractivity contribution < 1.29 is 14.3 Å². The van der Waals surface area contributed by atoms with E-state index in [4.69, 9.17) is 17.3 Å². The maximum absolute atomic E-state index is 10.8. The number of aromatic nitrogens is 1. The van der Waals surface area contributed by atoms with Gasteiger partial charge in [-0.1, -0.05) is 22.9 Å². The zero-order valence-corrected chi connectivity index (χ0v) is 8.32. The zero-order chi connectivity index (χ0) is 9.84. The van der Waals surface area contributed by atoms with Gasteiger partial charge in [0.2, 0.25) is 0 Å². The Labute approximate surface area is 83.4 Å². The number of halogens is 1. The quantitative estimate of drug-likeness (QED) is 0.774. The largest absolute Gasteiger partial charge is 0.515 e. The maximum atomic E-state index is 10.8. The summed E-state index contributed by atoms with van der Waals surface area (Å²) in [5, 5.41) is 0.240. The lowest BCUT2D eigenvalue weighted by Crippen LogP contribution is -2.10. The monoisotopic (exact) mass is 222 g/mol. The molecule has 1 heterocycles. The van der Waals surface area contributed by atoms with Crippen molar-refractivity contribution in [3.05, 3.63) is 4.34 Å². The molecule has 0 radical (unpaired) electrons. The molecule has 5 nitrogen and oxygen atoms in total. The minimum atomic E-state index is -0.838. The Hall–Kier alpha value is -1.01. The third kappa shape index (κ3) is 2.74. The van der Waals surface area contributed by atoms with Crippen LogP contribution in [0.4, 0.5) is 9.93 Å². The summed E-state index contributed by atoms with van der Waals surface area (Å²) in [5.41, 5.74) is 5.32. The molecule has 0 spiro atoms. The number of hydrogen-bond acceptors (Lipinski definition) is 6. The van der Waals surface area contributed by atoms with E-state index in [-0.39, 0.29) is 22.0 Å². The van der Waals surface area contributed by atoms with Crippen LogP contribution in [0.3, 0.4) is 0 Å². The van der Waals surface area contributed by atoms with Gasteiger partial charge in [-0.2, -0.15) is 4.98 Å². The normalized spacial score (nSPS) is 9.69. The molecule has 0 atom stereocenters. The van der Waals surface area contributed by atoms with Crippen LogP contribution in [0, 0.1) is 0 Å². The molecule has 0 saturated heterocycles. The van der Waals surface area contributed by atoms with Crippen molar-refractivity contribution >= 4 is 34.2 Å². The van der Waals surface area contributed by atoms with Gasteiger partial charge in [0.05, 0.1) is 6.61 Å². The van der Waals surface area contributed by atoms with Crippen LogP contribution in [0.1, 0.15) is 6.92 Å². The number of hydrogen-bond donors (Lipinski definition) is 1. The number of ether oxygens (including phenoxy) is 2. The Morgan fingerprint density at radius 1 is 1.77 bits per heavy atom. The smallest absolute Gasteiger partial charge is 0.434 e. The highest BCUT2D eigenvalue weighted by Crippen LogP contribution is 2.31. The maximum Gasteiger partial charge on any atom is 0.515 e. The number of nitrogen functional groups attached to an aromatic ring is 1. The molecule has 0 unspecified atom stereocenters. The summed E-state index contributed by atoms with van der Waals surface area (Å²) < 4.78 is 9.37. The third-order valence-electron chi connectivity index (χ3n) is 1.02. The van der Waals surface area contributed by atoms with Crippen molar-refractivity contribution in [2.45, 2.75) is 6.92 Å². The summed E-state index contributed by atoms with van der Waals surface area (Å²) in [4.78, 5) is 14.5. The average Bonchev–Trinajstić information content (AvgIpc) is 2.30. The van der Waals surface area contributed by atoms with Crippen LogP contribution in [0.25, 0.3) is 0 Å². The predicted octanol–water partition coefficient (Wildman–Crippen LogP) is 1.91. The molecule has 0 saturated carbocycles. The molecule has 0 aliphatic rings. The lowest BCUT2D eigenvalue weighted by atomic mass is 10.8. The van der Waals surface area contributed by atoms with Crippen LogP contribution in [-0.2, 0) is 4.74 Å². The molecule has 0 aliphatic heterocycles. The minimum absolute atomic E-state index is 0.0115. The van der Waals surface area contributed by atoms with Crippen molar-refractivity contribution in [3.63, 3.8) is 0 Å². The molecule has 1 aromatic heterocycles. The van der Waals surface area contributed by atoms with Gasteiger partial charge in [0.15, 0.2) is 9.47 Å². The van der Waals surface area contributed by atoms with E-state index < -0.39 is 6.16 Å². The molecule has 0 bridgehead atoms. The highest BCUT2D eigenvalue weighted by Gasteiger charge is 2.13. The zero-order valence-electron chi connectivity index (χ0n) is 6.74. The highest BCUT2D eigenvalue weighted by atomic mass is 35.5. The number of carbonyl (C=O) groups excluding carboxylic acids is 1. The van der Waals surface area contributed by atoms with Gasteiger partial charge in [-0.05, 0) is 6.92 Å². The summed E-state index contributed by atoms with van der Waals surface area (Å²) in [7, 11) is 0. The van der Waals surface area contributed by atoms with Gasteiger partial charge < -0.3 is 15.2 Å². The fraction of sp³-hybridized carbons (Fsp3) is 0.333. The van der Waals surface area contributed by atoms with Crippen molar-refractivity contribution in [1.29, 1.82) is 0 Å². The van der Waals surface area contributed by atoms with Crippen LogP contribution < -0.4 is 10.5 Å². The van der Waals surface area contributed by atoms with E-state index >= 15 is 0 Å². The van der Waals surface area contributed by atoms with Gasteiger partial charge in [-0.25, -0.2) is 4.79 Å². The van der Waals surface area contributed by atoms with E-state index in [2.05, 4.69) is 14.5 Å². The minimum Gasteiger partial charge on any atom is -0.434 e. The molecule has 2 N–H and O–H groups in total. The Morgan fingerprint density at radius 2 is 2.46 bits per heavy atom. The first-order valence-corrected chi connectivity index (χ1v) is 4.59. The van der Waals surface area contributed by atoms with Crippen LogP contribution in [0.15, 0.2) is 0 Å². The number of carbonyl (C=O) groups is 1.